The van der Waals surface area contributed by atoms with Crippen LogP contribution in [0, 0.1) is 5.92 Å². The molecule has 0 aromatic rings. The summed E-state index contributed by atoms with van der Waals surface area (Å²) in [5.41, 5.74) is 6.21. The third-order valence-corrected chi connectivity index (χ3v) is 4.99. The van der Waals surface area contributed by atoms with Gasteiger partial charge in [-0.15, -0.1) is 0 Å². The fourth-order valence-corrected chi connectivity index (χ4v) is 3.61. The van der Waals surface area contributed by atoms with Crippen molar-refractivity contribution >= 4 is 5.91 Å². The van der Waals surface area contributed by atoms with Crippen LogP contribution in [-0.4, -0.2) is 18.0 Å². The van der Waals surface area contributed by atoms with Crippen molar-refractivity contribution in [1.29, 1.82) is 0 Å². The first kappa shape index (κ1) is 14.8. The maximum Gasteiger partial charge on any atom is 0.220 e. The number of carbonyl (C=O) groups excluding carboxylic acids is 1. The fourth-order valence-electron chi connectivity index (χ4n) is 3.61. The van der Waals surface area contributed by atoms with Gasteiger partial charge in [0.1, 0.15) is 0 Å². The molecule has 3 N–H and O–H groups in total. The lowest BCUT2D eigenvalue weighted by Crippen LogP contribution is -2.51. The molecule has 0 bridgehead atoms. The van der Waals surface area contributed by atoms with E-state index in [0.717, 1.165) is 25.2 Å². The summed E-state index contributed by atoms with van der Waals surface area (Å²) in [5, 5.41) is 3.07. The molecule has 2 rings (SSSR count). The molecule has 3 nitrogen and oxygen atoms in total. The Morgan fingerprint density at radius 2 is 1.68 bits per heavy atom. The molecule has 0 radical (unpaired) electrons. The van der Waals surface area contributed by atoms with Gasteiger partial charge in [-0.1, -0.05) is 51.4 Å². The fraction of sp³-hybridized carbons (Fsp3) is 0.938. The van der Waals surface area contributed by atoms with Crippen LogP contribution in [0.4, 0.5) is 0 Å². The van der Waals surface area contributed by atoms with Gasteiger partial charge in [-0.2, -0.15) is 0 Å². The van der Waals surface area contributed by atoms with Crippen molar-refractivity contribution in [2.75, 3.05) is 6.54 Å². The third-order valence-electron chi connectivity index (χ3n) is 4.99. The zero-order valence-electron chi connectivity index (χ0n) is 12.3. The second-order valence-corrected chi connectivity index (χ2v) is 6.74. The van der Waals surface area contributed by atoms with Crippen LogP contribution in [0.1, 0.15) is 77.0 Å². The zero-order valence-corrected chi connectivity index (χ0v) is 12.3. The predicted octanol–water partition coefficient (Wildman–Crippen LogP) is 3.12. The van der Waals surface area contributed by atoms with Gasteiger partial charge in [-0.3, -0.25) is 4.79 Å². The Kier molecular flexibility index (Phi) is 5.68. The Hall–Kier alpha value is -0.570. The zero-order chi connectivity index (χ0) is 13.6. The summed E-state index contributed by atoms with van der Waals surface area (Å²) in [5.74, 6) is 1.00. The maximum atomic E-state index is 11.9. The standard InChI is InChI=1S/C16H30N2O/c17-16(11-5-2-6-12-16)13-18-15(19)10-9-14-7-3-1-4-8-14/h14H,1-13,17H2,(H,18,19). The highest BCUT2D eigenvalue weighted by molar-refractivity contribution is 5.75. The summed E-state index contributed by atoms with van der Waals surface area (Å²) < 4.78 is 0. The molecule has 0 aromatic heterocycles. The minimum Gasteiger partial charge on any atom is -0.354 e. The van der Waals surface area contributed by atoms with Gasteiger partial charge in [0.05, 0.1) is 0 Å². The van der Waals surface area contributed by atoms with E-state index in [4.69, 9.17) is 5.73 Å². The van der Waals surface area contributed by atoms with E-state index in [-0.39, 0.29) is 11.4 Å². The molecular formula is C16H30N2O. The molecule has 19 heavy (non-hydrogen) atoms. The van der Waals surface area contributed by atoms with Crippen LogP contribution in [0.25, 0.3) is 0 Å². The van der Waals surface area contributed by atoms with Gasteiger partial charge in [0.15, 0.2) is 0 Å². The van der Waals surface area contributed by atoms with Gasteiger partial charge in [0.2, 0.25) is 5.91 Å². The molecule has 0 atom stereocenters. The van der Waals surface area contributed by atoms with Crippen molar-refractivity contribution in [3.8, 4) is 0 Å². The summed E-state index contributed by atoms with van der Waals surface area (Å²) in [7, 11) is 0. The van der Waals surface area contributed by atoms with E-state index in [9.17, 15) is 4.79 Å². The van der Waals surface area contributed by atoms with Gasteiger partial charge in [0.25, 0.3) is 0 Å². The lowest BCUT2D eigenvalue weighted by Gasteiger charge is -2.33. The van der Waals surface area contributed by atoms with Crippen molar-refractivity contribution < 1.29 is 4.79 Å². The lowest BCUT2D eigenvalue weighted by atomic mass is 9.82. The number of hydrogen-bond donors (Lipinski definition) is 2. The van der Waals surface area contributed by atoms with Crippen molar-refractivity contribution in [3.63, 3.8) is 0 Å². The van der Waals surface area contributed by atoms with Gasteiger partial charge in [0, 0.05) is 18.5 Å². The summed E-state index contributed by atoms with van der Waals surface area (Å²) in [6, 6.07) is 0. The second-order valence-electron chi connectivity index (χ2n) is 6.74. The SMILES string of the molecule is NC1(CNC(=O)CCC2CCCCC2)CCCCC1. The number of rotatable bonds is 5. The molecular weight excluding hydrogens is 236 g/mol. The predicted molar refractivity (Wildman–Crippen MR) is 78.8 cm³/mol. The van der Waals surface area contributed by atoms with Crippen LogP contribution in [0.5, 0.6) is 0 Å². The number of carbonyl (C=O) groups is 1. The van der Waals surface area contributed by atoms with Crippen LogP contribution < -0.4 is 11.1 Å². The van der Waals surface area contributed by atoms with Crippen molar-refractivity contribution in [1.82, 2.24) is 5.32 Å². The summed E-state index contributed by atoms with van der Waals surface area (Å²) in [6.07, 6.45) is 14.4. The minimum absolute atomic E-state index is 0.126. The molecule has 2 aliphatic rings. The Bertz CT molecular complexity index is 278. The summed E-state index contributed by atoms with van der Waals surface area (Å²) in [4.78, 5) is 11.9. The number of nitrogens with one attached hydrogen (secondary N) is 1. The highest BCUT2D eigenvalue weighted by Gasteiger charge is 2.27. The molecule has 0 heterocycles. The van der Waals surface area contributed by atoms with Gasteiger partial charge >= 0.3 is 0 Å². The van der Waals surface area contributed by atoms with Crippen molar-refractivity contribution in [2.45, 2.75) is 82.6 Å². The molecule has 110 valence electrons. The Labute approximate surface area is 117 Å². The molecule has 0 unspecified atom stereocenters. The van der Waals surface area contributed by atoms with E-state index in [2.05, 4.69) is 5.32 Å². The van der Waals surface area contributed by atoms with Crippen molar-refractivity contribution in [2.24, 2.45) is 11.7 Å². The van der Waals surface area contributed by atoms with Crippen LogP contribution in [0.2, 0.25) is 0 Å². The maximum absolute atomic E-state index is 11.9. The lowest BCUT2D eigenvalue weighted by molar-refractivity contribution is -0.121. The van der Waals surface area contributed by atoms with E-state index >= 15 is 0 Å². The Morgan fingerprint density at radius 1 is 1.05 bits per heavy atom. The quantitative estimate of drug-likeness (QED) is 0.803. The number of hydrogen-bond acceptors (Lipinski definition) is 2. The normalized spacial score (nSPS) is 24.1. The Morgan fingerprint density at radius 3 is 2.37 bits per heavy atom. The van der Waals surface area contributed by atoms with Crippen LogP contribution in [0.3, 0.4) is 0 Å². The molecule has 0 aliphatic heterocycles. The topological polar surface area (TPSA) is 55.1 Å². The van der Waals surface area contributed by atoms with Gasteiger partial charge < -0.3 is 11.1 Å². The van der Waals surface area contributed by atoms with Gasteiger partial charge in [-0.05, 0) is 25.2 Å². The van der Waals surface area contributed by atoms with E-state index in [1.807, 2.05) is 0 Å². The van der Waals surface area contributed by atoms with Gasteiger partial charge in [-0.25, -0.2) is 0 Å². The largest absolute Gasteiger partial charge is 0.354 e. The van der Waals surface area contributed by atoms with E-state index < -0.39 is 0 Å². The molecule has 0 aromatic carbocycles. The molecule has 2 aliphatic carbocycles. The first-order valence-corrected chi connectivity index (χ1v) is 8.24. The third kappa shape index (κ3) is 5.13. The molecule has 0 saturated heterocycles. The molecule has 3 heteroatoms. The molecule has 1 amide bonds. The molecule has 2 fully saturated rings. The van der Waals surface area contributed by atoms with Crippen molar-refractivity contribution in [3.05, 3.63) is 0 Å². The minimum atomic E-state index is -0.126. The van der Waals surface area contributed by atoms with E-state index in [1.54, 1.807) is 0 Å². The van der Waals surface area contributed by atoms with E-state index in [0.29, 0.717) is 13.0 Å². The van der Waals surface area contributed by atoms with Crippen LogP contribution in [0.15, 0.2) is 0 Å². The number of amides is 1. The highest BCUT2D eigenvalue weighted by atomic mass is 16.1. The van der Waals surface area contributed by atoms with Crippen LogP contribution >= 0.6 is 0 Å². The average Bonchev–Trinajstić information content (AvgIpc) is 2.45. The molecule has 2 saturated carbocycles. The van der Waals surface area contributed by atoms with E-state index in [1.165, 1.54) is 51.4 Å². The first-order chi connectivity index (χ1) is 9.18. The smallest absolute Gasteiger partial charge is 0.220 e. The summed E-state index contributed by atoms with van der Waals surface area (Å²) >= 11 is 0. The summed E-state index contributed by atoms with van der Waals surface area (Å²) in [6.45, 7) is 0.677. The van der Waals surface area contributed by atoms with Crippen LogP contribution in [-0.2, 0) is 4.79 Å². The number of nitrogens with two attached hydrogens (primary N) is 1. The second kappa shape index (κ2) is 7.28. The highest BCUT2D eigenvalue weighted by Crippen LogP contribution is 2.27. The first-order valence-electron chi connectivity index (χ1n) is 8.24. The average molecular weight is 266 g/mol. The monoisotopic (exact) mass is 266 g/mol. The Balaban J connectivity index is 1.61. The molecule has 0 spiro atoms.